The highest BCUT2D eigenvalue weighted by Crippen LogP contribution is 2.17. The van der Waals surface area contributed by atoms with Crippen LogP contribution in [0.1, 0.15) is 15.4 Å². The minimum Gasteiger partial charge on any atom is -0.384 e. The second-order valence-corrected chi connectivity index (χ2v) is 3.86. The molecule has 2 rings (SSSR count). The van der Waals surface area contributed by atoms with Crippen LogP contribution in [-0.4, -0.2) is 27.8 Å². The topological polar surface area (TPSA) is 88.2 Å². The molecule has 0 saturated carbocycles. The Morgan fingerprint density at radius 2 is 2.53 bits per heavy atom. The standard InChI is InChI=1S/C10H7N3O3S/c14-4-1-2-7-6-11-10(17-7)12-9(15)8-3-5-16-13-8/h3,5-6,14H,4H2,(H,11,12,15). The third-order valence-corrected chi connectivity index (χ3v) is 2.52. The van der Waals surface area contributed by atoms with Crippen LogP contribution in [0, 0.1) is 11.8 Å². The molecule has 17 heavy (non-hydrogen) atoms. The van der Waals surface area contributed by atoms with E-state index in [1.165, 1.54) is 29.9 Å². The number of aromatic nitrogens is 2. The lowest BCUT2D eigenvalue weighted by Crippen LogP contribution is -2.11. The van der Waals surface area contributed by atoms with Crippen LogP contribution in [-0.2, 0) is 0 Å². The van der Waals surface area contributed by atoms with Crippen molar-refractivity contribution in [1.82, 2.24) is 10.1 Å². The molecule has 7 heteroatoms. The molecule has 0 bridgehead atoms. The van der Waals surface area contributed by atoms with E-state index >= 15 is 0 Å². The molecule has 0 saturated heterocycles. The lowest BCUT2D eigenvalue weighted by molar-refractivity contribution is 0.101. The summed E-state index contributed by atoms with van der Waals surface area (Å²) in [5, 5.41) is 15.0. The molecular weight excluding hydrogens is 242 g/mol. The maximum Gasteiger partial charge on any atom is 0.279 e. The molecule has 0 aromatic carbocycles. The Labute approximate surface area is 100 Å². The number of rotatable bonds is 2. The van der Waals surface area contributed by atoms with Gasteiger partial charge in [-0.15, -0.1) is 0 Å². The zero-order valence-corrected chi connectivity index (χ0v) is 9.32. The van der Waals surface area contributed by atoms with E-state index in [0.29, 0.717) is 10.0 Å². The molecular formula is C10H7N3O3S. The monoisotopic (exact) mass is 249 g/mol. The smallest absolute Gasteiger partial charge is 0.279 e. The maximum atomic E-state index is 11.6. The van der Waals surface area contributed by atoms with Gasteiger partial charge in [0.05, 0.1) is 11.1 Å². The van der Waals surface area contributed by atoms with Crippen molar-refractivity contribution in [2.24, 2.45) is 0 Å². The van der Waals surface area contributed by atoms with E-state index < -0.39 is 5.91 Å². The number of hydrogen-bond acceptors (Lipinski definition) is 6. The number of thiazole rings is 1. The van der Waals surface area contributed by atoms with Crippen LogP contribution in [0.15, 0.2) is 23.0 Å². The van der Waals surface area contributed by atoms with Gasteiger partial charge in [0, 0.05) is 6.07 Å². The van der Waals surface area contributed by atoms with E-state index in [0.717, 1.165) is 0 Å². The van der Waals surface area contributed by atoms with Crippen LogP contribution < -0.4 is 5.32 Å². The first kappa shape index (κ1) is 11.3. The van der Waals surface area contributed by atoms with Gasteiger partial charge in [0.1, 0.15) is 12.9 Å². The molecule has 0 aliphatic carbocycles. The molecule has 0 radical (unpaired) electrons. The SMILES string of the molecule is O=C(Nc1ncc(C#CCO)s1)c1ccon1. The lowest BCUT2D eigenvalue weighted by Gasteiger charge is -1.95. The Bertz CT molecular complexity index is 565. The number of nitrogens with zero attached hydrogens (tertiary/aromatic N) is 2. The number of aliphatic hydroxyl groups is 1. The molecule has 0 aliphatic heterocycles. The molecule has 0 aliphatic rings. The number of anilines is 1. The van der Waals surface area contributed by atoms with Crippen LogP contribution in [0.5, 0.6) is 0 Å². The molecule has 86 valence electrons. The quantitative estimate of drug-likeness (QED) is 0.766. The molecule has 2 aromatic rings. The van der Waals surface area contributed by atoms with Crippen LogP contribution in [0.3, 0.4) is 0 Å². The summed E-state index contributed by atoms with van der Waals surface area (Å²) in [5.74, 6) is 4.79. The van der Waals surface area contributed by atoms with Gasteiger partial charge in [-0.1, -0.05) is 28.3 Å². The molecule has 1 amide bonds. The molecule has 0 spiro atoms. The summed E-state index contributed by atoms with van der Waals surface area (Å²) < 4.78 is 4.55. The number of aliphatic hydroxyl groups excluding tert-OH is 1. The highest BCUT2D eigenvalue weighted by molar-refractivity contribution is 7.16. The zero-order valence-electron chi connectivity index (χ0n) is 8.51. The van der Waals surface area contributed by atoms with Crippen LogP contribution in [0.25, 0.3) is 0 Å². The Balaban J connectivity index is 2.04. The minimum absolute atomic E-state index is 0.184. The molecule has 0 fully saturated rings. The Hall–Kier alpha value is -2.17. The van der Waals surface area contributed by atoms with Gasteiger partial charge in [0.25, 0.3) is 5.91 Å². The molecule has 2 aromatic heterocycles. The average Bonchev–Trinajstić information content (AvgIpc) is 2.97. The van der Waals surface area contributed by atoms with Crippen molar-refractivity contribution in [3.8, 4) is 11.8 Å². The van der Waals surface area contributed by atoms with Crippen molar-refractivity contribution in [1.29, 1.82) is 0 Å². The van der Waals surface area contributed by atoms with Crippen molar-refractivity contribution in [3.63, 3.8) is 0 Å². The fourth-order valence-corrected chi connectivity index (χ4v) is 1.69. The van der Waals surface area contributed by atoms with Crippen LogP contribution in [0.2, 0.25) is 0 Å². The predicted molar refractivity (Wildman–Crippen MR) is 60.5 cm³/mol. The summed E-state index contributed by atoms with van der Waals surface area (Å²) in [7, 11) is 0. The largest absolute Gasteiger partial charge is 0.384 e. The molecule has 6 nitrogen and oxygen atoms in total. The van der Waals surface area contributed by atoms with Crippen molar-refractivity contribution < 1.29 is 14.4 Å². The number of amides is 1. The van der Waals surface area contributed by atoms with Crippen LogP contribution >= 0.6 is 11.3 Å². The number of carbonyl (C=O) groups is 1. The predicted octanol–water partition coefficient (Wildman–Crippen LogP) is 0.727. The zero-order chi connectivity index (χ0) is 12.1. The normalized spacial score (nSPS) is 9.47. The summed E-state index contributed by atoms with van der Waals surface area (Å²) in [4.78, 5) is 16.2. The van der Waals surface area contributed by atoms with E-state index in [2.05, 4.69) is 31.8 Å². The van der Waals surface area contributed by atoms with Gasteiger partial charge in [0.15, 0.2) is 10.8 Å². The fraction of sp³-hybridized carbons (Fsp3) is 0.100. The van der Waals surface area contributed by atoms with Crippen molar-refractivity contribution >= 4 is 22.4 Å². The highest BCUT2D eigenvalue weighted by atomic mass is 32.1. The van der Waals surface area contributed by atoms with Crippen molar-refractivity contribution in [2.75, 3.05) is 11.9 Å². The summed E-state index contributed by atoms with van der Waals surface area (Å²) in [6.45, 7) is -0.210. The molecule has 2 heterocycles. The highest BCUT2D eigenvalue weighted by Gasteiger charge is 2.10. The third kappa shape index (κ3) is 2.90. The summed E-state index contributed by atoms with van der Waals surface area (Å²) in [6, 6.07) is 1.45. The maximum absolute atomic E-state index is 11.6. The molecule has 0 unspecified atom stereocenters. The van der Waals surface area contributed by atoms with Gasteiger partial charge in [0.2, 0.25) is 0 Å². The molecule has 0 atom stereocenters. The Morgan fingerprint density at radius 1 is 1.65 bits per heavy atom. The van der Waals surface area contributed by atoms with Crippen LogP contribution in [0.4, 0.5) is 5.13 Å². The van der Waals surface area contributed by atoms with Gasteiger partial charge in [-0.3, -0.25) is 10.1 Å². The third-order valence-electron chi connectivity index (χ3n) is 1.69. The summed E-state index contributed by atoms with van der Waals surface area (Å²) >= 11 is 1.21. The first-order chi connectivity index (χ1) is 8.29. The van der Waals surface area contributed by atoms with Gasteiger partial charge >= 0.3 is 0 Å². The molecule has 2 N–H and O–H groups in total. The van der Waals surface area contributed by atoms with Crippen molar-refractivity contribution in [3.05, 3.63) is 29.1 Å². The van der Waals surface area contributed by atoms with Crippen molar-refractivity contribution in [2.45, 2.75) is 0 Å². The fourth-order valence-electron chi connectivity index (χ4n) is 1.01. The second kappa shape index (κ2) is 5.25. The summed E-state index contributed by atoms with van der Waals surface area (Å²) in [6.07, 6.45) is 2.83. The van der Waals surface area contributed by atoms with E-state index in [1.807, 2.05) is 0 Å². The average molecular weight is 249 g/mol. The first-order valence-corrected chi connectivity index (χ1v) is 5.38. The van der Waals surface area contributed by atoms with E-state index in [-0.39, 0.29) is 12.3 Å². The summed E-state index contributed by atoms with van der Waals surface area (Å²) in [5.41, 5.74) is 0.184. The minimum atomic E-state index is -0.394. The van der Waals surface area contributed by atoms with E-state index in [4.69, 9.17) is 5.11 Å². The van der Waals surface area contributed by atoms with E-state index in [1.54, 1.807) is 0 Å². The van der Waals surface area contributed by atoms with Gasteiger partial charge in [-0.05, 0) is 0 Å². The number of carbonyl (C=O) groups excluding carboxylic acids is 1. The number of hydrogen-bond donors (Lipinski definition) is 2. The Morgan fingerprint density at radius 3 is 3.24 bits per heavy atom. The number of nitrogens with one attached hydrogen (secondary N) is 1. The van der Waals surface area contributed by atoms with E-state index in [9.17, 15) is 4.79 Å². The first-order valence-electron chi connectivity index (χ1n) is 4.57. The Kier molecular flexibility index (Phi) is 3.49. The second-order valence-electron chi connectivity index (χ2n) is 2.83. The lowest BCUT2D eigenvalue weighted by atomic mass is 10.4. The van der Waals surface area contributed by atoms with Gasteiger partial charge in [-0.25, -0.2) is 4.98 Å². The van der Waals surface area contributed by atoms with Gasteiger partial charge < -0.3 is 9.63 Å². The van der Waals surface area contributed by atoms with Gasteiger partial charge in [-0.2, -0.15) is 0 Å².